The Balaban J connectivity index is 2.48. The standard InChI is InChI=1S/C19H18O3/c1-21-18(19(20)22-2)14-13-17(15-9-5-3-6-10-15)16-11-7-4-8-12-16/h3-14H,1-2H3/b18-14-. The predicted octanol–water partition coefficient (Wildman–Crippen LogP) is 3.82. The van der Waals surface area contributed by atoms with Gasteiger partial charge in [-0.2, -0.15) is 0 Å². The number of methoxy groups -OCH3 is 2. The van der Waals surface area contributed by atoms with E-state index < -0.39 is 5.97 Å². The molecule has 0 amide bonds. The highest BCUT2D eigenvalue weighted by atomic mass is 16.6. The molecule has 0 aromatic heterocycles. The summed E-state index contributed by atoms with van der Waals surface area (Å²) in [5.41, 5.74) is 3.12. The maximum Gasteiger partial charge on any atom is 0.373 e. The van der Waals surface area contributed by atoms with E-state index >= 15 is 0 Å². The monoisotopic (exact) mass is 294 g/mol. The molecule has 0 saturated heterocycles. The molecule has 3 heteroatoms. The van der Waals surface area contributed by atoms with Gasteiger partial charge < -0.3 is 9.47 Å². The zero-order valence-electron chi connectivity index (χ0n) is 12.7. The third kappa shape index (κ3) is 3.85. The fourth-order valence-corrected chi connectivity index (χ4v) is 2.07. The first kappa shape index (κ1) is 15.6. The molecule has 2 aromatic carbocycles. The Morgan fingerprint density at radius 3 is 1.68 bits per heavy atom. The number of carbonyl (C=O) groups excluding carboxylic acids is 1. The Bertz CT molecular complexity index is 629. The molecule has 3 nitrogen and oxygen atoms in total. The van der Waals surface area contributed by atoms with Gasteiger partial charge in [0.05, 0.1) is 14.2 Å². The number of allylic oxidation sites excluding steroid dienone is 2. The van der Waals surface area contributed by atoms with Gasteiger partial charge in [0, 0.05) is 0 Å². The van der Waals surface area contributed by atoms with Crippen molar-refractivity contribution in [3.63, 3.8) is 0 Å². The highest BCUT2D eigenvalue weighted by Crippen LogP contribution is 2.23. The van der Waals surface area contributed by atoms with Gasteiger partial charge in [-0.25, -0.2) is 4.79 Å². The summed E-state index contributed by atoms with van der Waals surface area (Å²) >= 11 is 0. The summed E-state index contributed by atoms with van der Waals surface area (Å²) in [6.07, 6.45) is 3.49. The van der Waals surface area contributed by atoms with Gasteiger partial charge in [0.15, 0.2) is 0 Å². The molecule has 0 bridgehead atoms. The first-order valence-electron chi connectivity index (χ1n) is 6.91. The summed E-state index contributed by atoms with van der Waals surface area (Å²) < 4.78 is 9.75. The number of rotatable bonds is 5. The molecule has 0 N–H and O–H groups in total. The van der Waals surface area contributed by atoms with Crippen LogP contribution in [0.2, 0.25) is 0 Å². The van der Waals surface area contributed by atoms with Crippen molar-refractivity contribution >= 4 is 11.5 Å². The van der Waals surface area contributed by atoms with Crippen LogP contribution in [0.1, 0.15) is 11.1 Å². The molecule has 2 rings (SSSR count). The zero-order chi connectivity index (χ0) is 15.8. The summed E-state index contributed by atoms with van der Waals surface area (Å²) in [5, 5.41) is 0. The number of hydrogen-bond acceptors (Lipinski definition) is 3. The van der Waals surface area contributed by atoms with Gasteiger partial charge in [-0.3, -0.25) is 0 Å². The summed E-state index contributed by atoms with van der Waals surface area (Å²) in [5.74, 6) is -0.342. The molecule has 0 aliphatic carbocycles. The van der Waals surface area contributed by atoms with Gasteiger partial charge in [-0.1, -0.05) is 60.7 Å². The van der Waals surface area contributed by atoms with Gasteiger partial charge >= 0.3 is 5.97 Å². The lowest BCUT2D eigenvalue weighted by molar-refractivity contribution is -0.139. The minimum Gasteiger partial charge on any atom is -0.490 e. The fraction of sp³-hybridized carbons (Fsp3) is 0.105. The summed E-state index contributed by atoms with van der Waals surface area (Å²) in [6, 6.07) is 20.0. The molecule has 0 spiro atoms. The van der Waals surface area contributed by atoms with Crippen molar-refractivity contribution in [2.24, 2.45) is 0 Å². The van der Waals surface area contributed by atoms with Crippen LogP contribution in [0.25, 0.3) is 5.57 Å². The second kappa shape index (κ2) is 7.84. The molecule has 0 radical (unpaired) electrons. The number of hydrogen-bond donors (Lipinski definition) is 0. The largest absolute Gasteiger partial charge is 0.490 e. The van der Waals surface area contributed by atoms with Crippen molar-refractivity contribution in [2.75, 3.05) is 14.2 Å². The van der Waals surface area contributed by atoms with Crippen molar-refractivity contribution in [2.45, 2.75) is 0 Å². The van der Waals surface area contributed by atoms with E-state index in [1.807, 2.05) is 66.7 Å². The molecule has 112 valence electrons. The fourth-order valence-electron chi connectivity index (χ4n) is 2.07. The number of benzene rings is 2. The summed E-state index contributed by atoms with van der Waals surface area (Å²) in [7, 11) is 2.77. The van der Waals surface area contributed by atoms with Gasteiger partial charge in [0.25, 0.3) is 0 Å². The molecule has 2 aromatic rings. The van der Waals surface area contributed by atoms with Crippen LogP contribution in [0.3, 0.4) is 0 Å². The van der Waals surface area contributed by atoms with Crippen LogP contribution in [-0.4, -0.2) is 20.2 Å². The van der Waals surface area contributed by atoms with Crippen LogP contribution < -0.4 is 0 Å². The Labute approximate surface area is 130 Å². The Hall–Kier alpha value is -2.81. The third-order valence-corrected chi connectivity index (χ3v) is 3.18. The SMILES string of the molecule is COC(=O)/C(=C/C=C(c1ccccc1)c1ccccc1)OC. The number of carbonyl (C=O) groups is 1. The Kier molecular flexibility index (Phi) is 5.55. The molecule has 0 unspecified atom stereocenters. The molecule has 0 aliphatic heterocycles. The molecule has 0 fully saturated rings. The maximum atomic E-state index is 11.6. The first-order chi connectivity index (χ1) is 10.8. The average Bonchev–Trinajstić information content (AvgIpc) is 2.60. The van der Waals surface area contributed by atoms with Gasteiger partial charge in [0.2, 0.25) is 5.76 Å². The van der Waals surface area contributed by atoms with Gasteiger partial charge in [0.1, 0.15) is 0 Å². The molecule has 0 aliphatic rings. The van der Waals surface area contributed by atoms with E-state index in [2.05, 4.69) is 4.74 Å². The molecular weight excluding hydrogens is 276 g/mol. The topological polar surface area (TPSA) is 35.5 Å². The minimum absolute atomic E-state index is 0.159. The van der Waals surface area contributed by atoms with E-state index in [0.717, 1.165) is 16.7 Å². The normalized spacial score (nSPS) is 10.7. The lowest BCUT2D eigenvalue weighted by Gasteiger charge is -2.08. The van der Waals surface area contributed by atoms with E-state index in [1.54, 1.807) is 6.08 Å². The van der Waals surface area contributed by atoms with Crippen LogP contribution in [0.4, 0.5) is 0 Å². The van der Waals surface area contributed by atoms with Crippen LogP contribution >= 0.6 is 0 Å². The lowest BCUT2D eigenvalue weighted by atomic mass is 9.97. The Morgan fingerprint density at radius 1 is 0.773 bits per heavy atom. The van der Waals surface area contributed by atoms with E-state index in [1.165, 1.54) is 14.2 Å². The Morgan fingerprint density at radius 2 is 1.27 bits per heavy atom. The van der Waals surface area contributed by atoms with Crippen LogP contribution in [-0.2, 0) is 14.3 Å². The van der Waals surface area contributed by atoms with Gasteiger partial charge in [-0.05, 0) is 28.9 Å². The minimum atomic E-state index is -0.501. The number of ether oxygens (including phenoxy) is 2. The van der Waals surface area contributed by atoms with Crippen molar-refractivity contribution in [1.29, 1.82) is 0 Å². The van der Waals surface area contributed by atoms with Gasteiger partial charge in [-0.15, -0.1) is 0 Å². The second-order valence-corrected chi connectivity index (χ2v) is 4.54. The average molecular weight is 294 g/mol. The van der Waals surface area contributed by atoms with E-state index in [0.29, 0.717) is 0 Å². The smallest absolute Gasteiger partial charge is 0.373 e. The van der Waals surface area contributed by atoms with Crippen molar-refractivity contribution < 1.29 is 14.3 Å². The third-order valence-electron chi connectivity index (χ3n) is 3.18. The lowest BCUT2D eigenvalue weighted by Crippen LogP contribution is -2.06. The van der Waals surface area contributed by atoms with Crippen LogP contribution in [0.15, 0.2) is 78.6 Å². The van der Waals surface area contributed by atoms with Crippen LogP contribution in [0.5, 0.6) is 0 Å². The first-order valence-corrected chi connectivity index (χ1v) is 6.91. The highest BCUT2D eigenvalue weighted by Gasteiger charge is 2.09. The predicted molar refractivity (Wildman–Crippen MR) is 87.1 cm³/mol. The maximum absolute atomic E-state index is 11.6. The summed E-state index contributed by atoms with van der Waals surface area (Å²) in [6.45, 7) is 0. The van der Waals surface area contributed by atoms with E-state index in [4.69, 9.17) is 4.74 Å². The van der Waals surface area contributed by atoms with Crippen molar-refractivity contribution in [3.05, 3.63) is 89.7 Å². The molecular formula is C19H18O3. The molecule has 0 heterocycles. The summed E-state index contributed by atoms with van der Waals surface area (Å²) in [4.78, 5) is 11.6. The molecule has 0 saturated carbocycles. The highest BCUT2D eigenvalue weighted by molar-refractivity contribution is 5.88. The van der Waals surface area contributed by atoms with Crippen molar-refractivity contribution in [3.8, 4) is 0 Å². The second-order valence-electron chi connectivity index (χ2n) is 4.54. The zero-order valence-corrected chi connectivity index (χ0v) is 12.7. The van der Waals surface area contributed by atoms with Crippen molar-refractivity contribution in [1.82, 2.24) is 0 Å². The van der Waals surface area contributed by atoms with E-state index in [9.17, 15) is 4.79 Å². The molecule has 22 heavy (non-hydrogen) atoms. The van der Waals surface area contributed by atoms with E-state index in [-0.39, 0.29) is 5.76 Å². The number of esters is 1. The van der Waals surface area contributed by atoms with Crippen LogP contribution in [0, 0.1) is 0 Å². The molecule has 0 atom stereocenters. The quantitative estimate of drug-likeness (QED) is 0.364.